The Morgan fingerprint density at radius 3 is 2.58 bits per heavy atom. The Kier molecular flexibility index (Phi) is 6.53. The number of carboxylic acid groups (broad SMARTS) is 2. The standard InChI is InChI=1S/C18H22N6O8S/c1-18(2,15(29)30)32-22-11(9-7-33-16(19)21-9)12(25)20-8-6-24(13(8)26)17(31)23-5-3-4-10(23)14(27)28/h7-8,10H,3-6H2,1-2H3,(H2,19,21)(H,20,25)(H,27,28)(H,29,30)/t8-,10-/m0/s1. The lowest BCUT2D eigenvalue weighted by molar-refractivity contribution is -0.161. The van der Waals surface area contributed by atoms with Crippen LogP contribution in [0.15, 0.2) is 10.5 Å². The maximum atomic E-state index is 12.8. The number of aromatic nitrogens is 1. The first kappa shape index (κ1) is 23.9. The summed E-state index contributed by atoms with van der Waals surface area (Å²) in [5.41, 5.74) is 3.45. The molecule has 0 aliphatic carbocycles. The molecular formula is C18H22N6O8S. The van der Waals surface area contributed by atoms with E-state index in [0.29, 0.717) is 12.8 Å². The van der Waals surface area contributed by atoms with Crippen molar-refractivity contribution in [3.63, 3.8) is 0 Å². The van der Waals surface area contributed by atoms with E-state index in [2.05, 4.69) is 15.5 Å². The molecule has 1 aromatic heterocycles. The van der Waals surface area contributed by atoms with Crippen LogP contribution in [0.25, 0.3) is 0 Å². The van der Waals surface area contributed by atoms with Gasteiger partial charge in [0, 0.05) is 11.9 Å². The minimum absolute atomic E-state index is 0.0114. The number of hydrogen-bond acceptors (Lipinski definition) is 10. The van der Waals surface area contributed by atoms with E-state index >= 15 is 0 Å². The fraction of sp³-hybridized carbons (Fsp3) is 0.500. The summed E-state index contributed by atoms with van der Waals surface area (Å²) < 4.78 is 0. The first-order valence-electron chi connectivity index (χ1n) is 9.79. The minimum atomic E-state index is -1.75. The van der Waals surface area contributed by atoms with Crippen molar-refractivity contribution in [1.29, 1.82) is 0 Å². The number of carbonyl (C=O) groups excluding carboxylic acids is 3. The number of amides is 4. The number of nitrogens with two attached hydrogens (primary N) is 1. The summed E-state index contributed by atoms with van der Waals surface area (Å²) in [4.78, 5) is 71.2. The monoisotopic (exact) mass is 482 g/mol. The average Bonchev–Trinajstić information content (AvgIpc) is 3.39. The van der Waals surface area contributed by atoms with Gasteiger partial charge in [-0.3, -0.25) is 14.5 Å². The Balaban J connectivity index is 1.69. The third-order valence-electron chi connectivity index (χ3n) is 5.11. The molecule has 3 rings (SSSR count). The molecule has 1 aromatic rings. The molecule has 15 heteroatoms. The zero-order valence-electron chi connectivity index (χ0n) is 17.7. The number of nitrogens with one attached hydrogen (secondary N) is 1. The molecule has 3 heterocycles. The van der Waals surface area contributed by atoms with Crippen molar-refractivity contribution in [2.45, 2.75) is 44.4 Å². The van der Waals surface area contributed by atoms with Gasteiger partial charge >= 0.3 is 18.0 Å². The van der Waals surface area contributed by atoms with E-state index in [-0.39, 0.29) is 23.9 Å². The van der Waals surface area contributed by atoms with Crippen LogP contribution >= 0.6 is 11.3 Å². The van der Waals surface area contributed by atoms with Crippen LogP contribution in [0.2, 0.25) is 0 Å². The summed E-state index contributed by atoms with van der Waals surface area (Å²) in [6, 6.07) is -2.80. The lowest BCUT2D eigenvalue weighted by Gasteiger charge is -2.39. The SMILES string of the molecule is CC(C)(ON=C(C(=O)N[C@H]1CN(C(=O)N2CCC[C@H]2C(=O)O)C1=O)c1csc(N)n1)C(=O)O. The van der Waals surface area contributed by atoms with Crippen molar-refractivity contribution < 1.29 is 39.0 Å². The summed E-state index contributed by atoms with van der Waals surface area (Å²) >= 11 is 1.01. The van der Waals surface area contributed by atoms with Crippen LogP contribution in [0.3, 0.4) is 0 Å². The summed E-state index contributed by atoms with van der Waals surface area (Å²) in [6.45, 7) is 2.51. The molecule has 5 N–H and O–H groups in total. The normalized spacial score (nSPS) is 20.9. The number of hydrogen-bond donors (Lipinski definition) is 4. The number of carboxylic acids is 2. The van der Waals surface area contributed by atoms with E-state index in [1.54, 1.807) is 0 Å². The van der Waals surface area contributed by atoms with Crippen LogP contribution in [-0.2, 0) is 24.0 Å². The van der Waals surface area contributed by atoms with Gasteiger partial charge in [0.2, 0.25) is 5.60 Å². The van der Waals surface area contributed by atoms with Gasteiger partial charge in [0.1, 0.15) is 17.8 Å². The van der Waals surface area contributed by atoms with E-state index in [1.807, 2.05) is 0 Å². The highest BCUT2D eigenvalue weighted by Gasteiger charge is 2.47. The predicted octanol–water partition coefficient (Wildman–Crippen LogP) is -0.695. The van der Waals surface area contributed by atoms with Gasteiger partial charge in [0.05, 0.1) is 6.54 Å². The number of oxime groups is 1. The van der Waals surface area contributed by atoms with E-state index in [4.69, 9.17) is 15.7 Å². The number of nitrogens with zero attached hydrogens (tertiary/aromatic N) is 4. The van der Waals surface area contributed by atoms with Crippen molar-refractivity contribution in [3.8, 4) is 0 Å². The van der Waals surface area contributed by atoms with Gasteiger partial charge in [0.25, 0.3) is 11.8 Å². The topological polar surface area (TPSA) is 205 Å². The molecule has 0 spiro atoms. The zero-order valence-corrected chi connectivity index (χ0v) is 18.5. The van der Waals surface area contributed by atoms with E-state index in [0.717, 1.165) is 21.1 Å². The van der Waals surface area contributed by atoms with Crippen molar-refractivity contribution >= 4 is 52.0 Å². The molecule has 33 heavy (non-hydrogen) atoms. The second-order valence-electron chi connectivity index (χ2n) is 7.86. The first-order valence-corrected chi connectivity index (χ1v) is 10.7. The zero-order chi connectivity index (χ0) is 24.5. The highest BCUT2D eigenvalue weighted by molar-refractivity contribution is 7.13. The molecule has 2 aliphatic rings. The fourth-order valence-electron chi connectivity index (χ4n) is 3.14. The lowest BCUT2D eigenvalue weighted by Crippen LogP contribution is -2.68. The fourth-order valence-corrected chi connectivity index (χ4v) is 3.69. The Labute approximate surface area is 191 Å². The molecule has 2 aliphatic heterocycles. The maximum Gasteiger partial charge on any atom is 0.350 e. The summed E-state index contributed by atoms with van der Waals surface area (Å²) in [5.74, 6) is -4.08. The van der Waals surface area contributed by atoms with Gasteiger partial charge in [-0.1, -0.05) is 5.16 Å². The smallest absolute Gasteiger partial charge is 0.350 e. The molecule has 178 valence electrons. The van der Waals surface area contributed by atoms with Crippen LogP contribution in [0.4, 0.5) is 9.93 Å². The van der Waals surface area contributed by atoms with Crippen molar-refractivity contribution in [1.82, 2.24) is 20.1 Å². The highest BCUT2D eigenvalue weighted by Crippen LogP contribution is 2.23. The predicted molar refractivity (Wildman–Crippen MR) is 112 cm³/mol. The quantitative estimate of drug-likeness (QED) is 0.218. The van der Waals surface area contributed by atoms with Crippen molar-refractivity contribution in [2.75, 3.05) is 18.8 Å². The summed E-state index contributed by atoms with van der Waals surface area (Å²) in [5, 5.41) is 25.9. The van der Waals surface area contributed by atoms with Gasteiger partial charge in [-0.2, -0.15) is 0 Å². The molecule has 2 saturated heterocycles. The van der Waals surface area contributed by atoms with Crippen LogP contribution in [0, 0.1) is 0 Å². The highest BCUT2D eigenvalue weighted by atomic mass is 32.1. The van der Waals surface area contributed by atoms with E-state index in [9.17, 15) is 29.1 Å². The van der Waals surface area contributed by atoms with Crippen molar-refractivity contribution in [2.24, 2.45) is 5.16 Å². The molecular weight excluding hydrogens is 460 g/mol. The van der Waals surface area contributed by atoms with Crippen LogP contribution < -0.4 is 11.1 Å². The largest absolute Gasteiger partial charge is 0.480 e. The van der Waals surface area contributed by atoms with Gasteiger partial charge < -0.3 is 31.0 Å². The number of nitrogen functional groups attached to an aromatic ring is 1. The summed E-state index contributed by atoms with van der Waals surface area (Å²) in [7, 11) is 0. The van der Waals surface area contributed by atoms with E-state index < -0.39 is 53.2 Å². The molecule has 0 radical (unpaired) electrons. The van der Waals surface area contributed by atoms with Gasteiger partial charge in [-0.05, 0) is 26.7 Å². The molecule has 2 atom stereocenters. The Hall–Kier alpha value is -3.75. The minimum Gasteiger partial charge on any atom is -0.480 e. The van der Waals surface area contributed by atoms with Crippen LogP contribution in [0.5, 0.6) is 0 Å². The Morgan fingerprint density at radius 1 is 1.33 bits per heavy atom. The number of β-lactam (4-membered cyclic amide) rings is 1. The molecule has 4 amide bonds. The Morgan fingerprint density at radius 2 is 2.03 bits per heavy atom. The number of rotatable bonds is 7. The number of aliphatic carboxylic acids is 2. The maximum absolute atomic E-state index is 12.8. The molecule has 0 bridgehead atoms. The average molecular weight is 482 g/mol. The summed E-state index contributed by atoms with van der Waals surface area (Å²) in [6.07, 6.45) is 0.806. The number of urea groups is 1. The van der Waals surface area contributed by atoms with Gasteiger partial charge in [0.15, 0.2) is 10.8 Å². The first-order chi connectivity index (χ1) is 15.4. The molecule has 0 aromatic carbocycles. The molecule has 14 nitrogen and oxygen atoms in total. The lowest BCUT2D eigenvalue weighted by atomic mass is 10.1. The van der Waals surface area contributed by atoms with Crippen molar-refractivity contribution in [3.05, 3.63) is 11.1 Å². The number of carbonyl (C=O) groups is 5. The second kappa shape index (κ2) is 9.01. The molecule has 2 fully saturated rings. The van der Waals surface area contributed by atoms with Crippen LogP contribution in [-0.4, -0.2) is 91.3 Å². The number of anilines is 1. The number of thiazole rings is 1. The van der Waals surface area contributed by atoms with Gasteiger partial charge in [-0.25, -0.2) is 19.4 Å². The number of imide groups is 1. The molecule has 0 unspecified atom stereocenters. The molecule has 0 saturated carbocycles. The third kappa shape index (κ3) is 4.87. The Bertz CT molecular complexity index is 1040. The third-order valence-corrected chi connectivity index (χ3v) is 5.78. The number of likely N-dealkylation sites (tertiary alicyclic amines) is 2. The van der Waals surface area contributed by atoms with E-state index in [1.165, 1.54) is 19.2 Å². The second-order valence-corrected chi connectivity index (χ2v) is 8.75. The van der Waals surface area contributed by atoms with Gasteiger partial charge in [-0.15, -0.1) is 11.3 Å². The van der Waals surface area contributed by atoms with Crippen LogP contribution in [0.1, 0.15) is 32.4 Å².